The standard InChI is InChI=1S/C28H25Cl2N7O2/c29-22-14-23(30)16-24(15-22)31-28(39)37(25-12-10-20(11-13-25)19-4-2-1-3-5-19)17-18-6-8-21(9-7-18)26(38)32-27-33-35-36-34-27/h4,6-16H,1-3,5,17H2,(H,31,39)(H2,32,33,34,35,36,38). The van der Waals surface area contributed by atoms with E-state index in [2.05, 4.69) is 37.3 Å². The fourth-order valence-corrected chi connectivity index (χ4v) is 4.91. The quantitative estimate of drug-likeness (QED) is 0.225. The Morgan fingerprint density at radius 3 is 2.31 bits per heavy atom. The summed E-state index contributed by atoms with van der Waals surface area (Å²) in [5.41, 5.74) is 4.95. The van der Waals surface area contributed by atoms with Crippen LogP contribution < -0.4 is 15.5 Å². The van der Waals surface area contributed by atoms with Gasteiger partial charge in [-0.2, -0.15) is 5.21 Å². The Kier molecular flexibility index (Phi) is 8.19. The number of hydrogen-bond donors (Lipinski definition) is 3. The molecule has 0 radical (unpaired) electrons. The minimum Gasteiger partial charge on any atom is -0.307 e. The van der Waals surface area contributed by atoms with Crippen LogP contribution in [0.1, 0.15) is 47.2 Å². The lowest BCUT2D eigenvalue weighted by molar-refractivity contribution is 0.102. The number of aromatic nitrogens is 4. The number of rotatable bonds is 7. The fourth-order valence-electron chi connectivity index (χ4n) is 4.39. The highest BCUT2D eigenvalue weighted by Gasteiger charge is 2.19. The third-order valence-electron chi connectivity index (χ3n) is 6.33. The largest absolute Gasteiger partial charge is 0.326 e. The molecule has 5 rings (SSSR count). The zero-order valence-corrected chi connectivity index (χ0v) is 22.3. The molecular formula is C28H25Cl2N7O2. The Hall–Kier alpha value is -4.21. The van der Waals surface area contributed by atoms with Crippen LogP contribution in [0.5, 0.6) is 0 Å². The van der Waals surface area contributed by atoms with Crippen LogP contribution >= 0.6 is 23.2 Å². The highest BCUT2D eigenvalue weighted by atomic mass is 35.5. The molecule has 4 aromatic rings. The second-order valence-corrected chi connectivity index (χ2v) is 9.96. The van der Waals surface area contributed by atoms with E-state index in [0.29, 0.717) is 21.3 Å². The summed E-state index contributed by atoms with van der Waals surface area (Å²) in [6, 6.07) is 19.5. The van der Waals surface area contributed by atoms with Gasteiger partial charge in [0.25, 0.3) is 11.9 Å². The normalized spacial score (nSPS) is 12.9. The maximum absolute atomic E-state index is 13.5. The van der Waals surface area contributed by atoms with Crippen molar-refractivity contribution in [2.45, 2.75) is 32.2 Å². The molecule has 9 nitrogen and oxygen atoms in total. The van der Waals surface area contributed by atoms with Crippen molar-refractivity contribution in [1.82, 2.24) is 20.6 Å². The van der Waals surface area contributed by atoms with Gasteiger partial charge in [0.1, 0.15) is 0 Å². The molecule has 0 bridgehead atoms. The first-order chi connectivity index (χ1) is 18.9. The first-order valence-corrected chi connectivity index (χ1v) is 13.2. The summed E-state index contributed by atoms with van der Waals surface area (Å²) >= 11 is 12.3. The summed E-state index contributed by atoms with van der Waals surface area (Å²) in [7, 11) is 0. The lowest BCUT2D eigenvalue weighted by Gasteiger charge is -2.24. The lowest BCUT2D eigenvalue weighted by Crippen LogP contribution is -2.34. The van der Waals surface area contributed by atoms with Gasteiger partial charge in [0.15, 0.2) is 0 Å². The van der Waals surface area contributed by atoms with Crippen LogP contribution in [0, 0.1) is 0 Å². The van der Waals surface area contributed by atoms with Gasteiger partial charge in [0.2, 0.25) is 0 Å². The van der Waals surface area contributed by atoms with E-state index in [4.69, 9.17) is 23.2 Å². The molecule has 3 amide bonds. The Balaban J connectivity index is 1.37. The predicted octanol–water partition coefficient (Wildman–Crippen LogP) is 6.95. The fraction of sp³-hybridized carbons (Fsp3) is 0.179. The van der Waals surface area contributed by atoms with Crippen molar-refractivity contribution in [1.29, 1.82) is 0 Å². The average Bonchev–Trinajstić information content (AvgIpc) is 3.45. The molecule has 0 saturated carbocycles. The van der Waals surface area contributed by atoms with E-state index in [1.165, 1.54) is 18.4 Å². The summed E-state index contributed by atoms with van der Waals surface area (Å²) < 4.78 is 0. The molecule has 1 aromatic heterocycles. The van der Waals surface area contributed by atoms with Gasteiger partial charge in [-0.15, -0.1) is 5.10 Å². The van der Waals surface area contributed by atoms with Crippen LogP contribution in [0.4, 0.5) is 22.1 Å². The second kappa shape index (κ2) is 12.1. The Bertz CT molecular complexity index is 1470. The molecule has 0 atom stereocenters. The van der Waals surface area contributed by atoms with E-state index in [0.717, 1.165) is 29.7 Å². The van der Waals surface area contributed by atoms with Gasteiger partial charge in [-0.1, -0.05) is 58.6 Å². The molecule has 1 aliphatic carbocycles. The molecule has 0 saturated heterocycles. The van der Waals surface area contributed by atoms with Crippen molar-refractivity contribution in [3.8, 4) is 0 Å². The summed E-state index contributed by atoms with van der Waals surface area (Å²) in [6.07, 6.45) is 6.86. The van der Waals surface area contributed by atoms with Gasteiger partial charge >= 0.3 is 6.03 Å². The zero-order valence-electron chi connectivity index (χ0n) is 20.8. The molecule has 11 heteroatoms. The number of carbonyl (C=O) groups excluding carboxylic acids is 2. The summed E-state index contributed by atoms with van der Waals surface area (Å²) in [5, 5.41) is 19.4. The number of amides is 3. The SMILES string of the molecule is O=C(Nc1nn[nH]n1)c1ccc(CN(C(=O)Nc2cc(Cl)cc(Cl)c2)c2ccc(C3=CCCCC3)cc2)cc1. The van der Waals surface area contributed by atoms with E-state index in [1.54, 1.807) is 47.4 Å². The molecule has 3 N–H and O–H groups in total. The third-order valence-corrected chi connectivity index (χ3v) is 6.76. The number of aromatic amines is 1. The van der Waals surface area contributed by atoms with Gasteiger partial charge in [-0.25, -0.2) is 4.79 Å². The van der Waals surface area contributed by atoms with E-state index in [-0.39, 0.29) is 24.4 Å². The van der Waals surface area contributed by atoms with Crippen LogP contribution in [0.15, 0.2) is 72.8 Å². The number of urea groups is 1. The monoisotopic (exact) mass is 561 g/mol. The van der Waals surface area contributed by atoms with Crippen molar-refractivity contribution in [2.75, 3.05) is 15.5 Å². The van der Waals surface area contributed by atoms with Crippen molar-refractivity contribution < 1.29 is 9.59 Å². The summed E-state index contributed by atoms with van der Waals surface area (Å²) in [5.74, 6) is -0.288. The molecule has 0 unspecified atom stereocenters. The van der Waals surface area contributed by atoms with Crippen molar-refractivity contribution in [3.05, 3.63) is 99.5 Å². The average molecular weight is 562 g/mol. The number of anilines is 3. The number of hydrogen-bond acceptors (Lipinski definition) is 5. The van der Waals surface area contributed by atoms with Crippen molar-refractivity contribution >= 4 is 58.0 Å². The highest BCUT2D eigenvalue weighted by Crippen LogP contribution is 2.29. The Morgan fingerprint density at radius 1 is 0.923 bits per heavy atom. The number of nitrogens with zero attached hydrogens (tertiary/aromatic N) is 4. The number of benzene rings is 3. The molecule has 0 fully saturated rings. The maximum atomic E-state index is 13.5. The number of carbonyl (C=O) groups is 2. The molecule has 1 aliphatic rings. The predicted molar refractivity (Wildman–Crippen MR) is 153 cm³/mol. The van der Waals surface area contributed by atoms with Gasteiger partial charge < -0.3 is 5.32 Å². The van der Waals surface area contributed by atoms with Crippen LogP contribution in [-0.4, -0.2) is 32.6 Å². The number of tetrazole rings is 1. The molecule has 198 valence electrons. The zero-order chi connectivity index (χ0) is 27.2. The number of H-pyrrole nitrogens is 1. The topological polar surface area (TPSA) is 116 Å². The van der Waals surface area contributed by atoms with Gasteiger partial charge in [-0.05, 0) is 90.1 Å². The van der Waals surface area contributed by atoms with Gasteiger partial charge in [0.05, 0.1) is 6.54 Å². The van der Waals surface area contributed by atoms with Crippen LogP contribution in [-0.2, 0) is 6.54 Å². The van der Waals surface area contributed by atoms with E-state index >= 15 is 0 Å². The minimum atomic E-state index is -0.372. The van der Waals surface area contributed by atoms with Crippen LogP contribution in [0.2, 0.25) is 10.0 Å². The molecule has 39 heavy (non-hydrogen) atoms. The molecule has 1 heterocycles. The van der Waals surface area contributed by atoms with E-state index in [1.807, 2.05) is 24.3 Å². The summed E-state index contributed by atoms with van der Waals surface area (Å²) in [4.78, 5) is 27.6. The molecular weight excluding hydrogens is 537 g/mol. The smallest absolute Gasteiger partial charge is 0.307 e. The molecule has 3 aromatic carbocycles. The Morgan fingerprint density at radius 2 is 1.67 bits per heavy atom. The highest BCUT2D eigenvalue weighted by molar-refractivity contribution is 6.35. The van der Waals surface area contributed by atoms with Crippen molar-refractivity contribution in [3.63, 3.8) is 0 Å². The number of nitrogens with one attached hydrogen (secondary N) is 3. The first kappa shape index (κ1) is 26.4. The summed E-state index contributed by atoms with van der Waals surface area (Å²) in [6.45, 7) is 0.259. The minimum absolute atomic E-state index is 0.0838. The Labute approximate surface area is 235 Å². The third kappa shape index (κ3) is 6.81. The lowest BCUT2D eigenvalue weighted by atomic mass is 9.93. The van der Waals surface area contributed by atoms with Crippen LogP contribution in [0.3, 0.4) is 0 Å². The van der Waals surface area contributed by atoms with E-state index < -0.39 is 0 Å². The number of halogens is 2. The van der Waals surface area contributed by atoms with Crippen LogP contribution in [0.25, 0.3) is 5.57 Å². The molecule has 0 spiro atoms. The van der Waals surface area contributed by atoms with Gasteiger partial charge in [0, 0.05) is 27.0 Å². The number of allylic oxidation sites excluding steroid dienone is 2. The maximum Gasteiger partial charge on any atom is 0.326 e. The van der Waals surface area contributed by atoms with Gasteiger partial charge in [-0.3, -0.25) is 15.0 Å². The second-order valence-electron chi connectivity index (χ2n) is 9.08. The molecule has 0 aliphatic heterocycles. The first-order valence-electron chi connectivity index (χ1n) is 12.4. The van der Waals surface area contributed by atoms with E-state index in [9.17, 15) is 9.59 Å². The van der Waals surface area contributed by atoms with Crippen molar-refractivity contribution in [2.24, 2.45) is 0 Å².